The highest BCUT2D eigenvalue weighted by atomic mass is 32.2. The monoisotopic (exact) mass is 376 g/mol. The first-order valence-corrected chi connectivity index (χ1v) is 8.97. The van der Waals surface area contributed by atoms with Gasteiger partial charge in [-0.1, -0.05) is 23.9 Å². The summed E-state index contributed by atoms with van der Waals surface area (Å²) in [5.41, 5.74) is 0. The van der Waals surface area contributed by atoms with Gasteiger partial charge in [-0.05, 0) is 19.1 Å². The van der Waals surface area contributed by atoms with Crippen LogP contribution in [-0.2, 0) is 4.79 Å². The van der Waals surface area contributed by atoms with Crippen molar-refractivity contribution in [2.45, 2.75) is 23.5 Å². The van der Waals surface area contributed by atoms with E-state index in [9.17, 15) is 9.59 Å². The van der Waals surface area contributed by atoms with E-state index >= 15 is 0 Å². The molecular formula is C16H16N4O5S. The number of carbonyl (C=O) groups is 2. The molecule has 1 saturated heterocycles. The number of imide groups is 1. The minimum Gasteiger partial charge on any atom is -0.485 e. The third-order valence-corrected chi connectivity index (χ3v) is 4.88. The lowest BCUT2D eigenvalue weighted by molar-refractivity contribution is -0.126. The number of urea groups is 1. The average molecular weight is 376 g/mol. The molecule has 1 fully saturated rings. The fourth-order valence-corrected chi connectivity index (χ4v) is 3.39. The Morgan fingerprint density at radius 2 is 2.15 bits per heavy atom. The number of benzene rings is 1. The maximum absolute atomic E-state index is 12.3. The number of fused-ring (bicyclic) bond motifs is 1. The Hall–Kier alpha value is -2.75. The molecule has 0 spiro atoms. The van der Waals surface area contributed by atoms with Crippen molar-refractivity contribution in [2.75, 3.05) is 19.7 Å². The molecule has 10 heteroatoms. The van der Waals surface area contributed by atoms with Crippen LogP contribution in [-0.4, -0.2) is 52.0 Å². The lowest BCUT2D eigenvalue weighted by Gasteiger charge is -2.23. The van der Waals surface area contributed by atoms with E-state index < -0.39 is 11.4 Å². The van der Waals surface area contributed by atoms with Crippen molar-refractivity contribution < 1.29 is 23.5 Å². The van der Waals surface area contributed by atoms with Crippen LogP contribution in [0.5, 0.6) is 11.5 Å². The number of nitrogens with zero attached hydrogens (tertiary/aromatic N) is 3. The van der Waals surface area contributed by atoms with Crippen molar-refractivity contribution in [2.24, 2.45) is 0 Å². The zero-order valence-electron chi connectivity index (χ0n) is 13.9. The van der Waals surface area contributed by atoms with E-state index in [-0.39, 0.29) is 29.7 Å². The Morgan fingerprint density at radius 1 is 1.35 bits per heavy atom. The molecule has 1 N–H and O–H groups in total. The maximum atomic E-state index is 12.3. The maximum Gasteiger partial charge on any atom is 0.324 e. The van der Waals surface area contributed by atoms with E-state index in [1.165, 1.54) is 4.90 Å². The van der Waals surface area contributed by atoms with Crippen molar-refractivity contribution in [3.05, 3.63) is 30.2 Å². The van der Waals surface area contributed by atoms with Crippen LogP contribution < -0.4 is 14.8 Å². The molecule has 26 heavy (non-hydrogen) atoms. The van der Waals surface area contributed by atoms with Crippen LogP contribution in [0.4, 0.5) is 4.79 Å². The molecule has 2 atom stereocenters. The molecule has 0 bridgehead atoms. The molecule has 1 aromatic carbocycles. The molecule has 0 radical (unpaired) electrons. The summed E-state index contributed by atoms with van der Waals surface area (Å²) >= 11 is 1.10. The summed E-state index contributed by atoms with van der Waals surface area (Å²) in [5, 5.41) is 10.3. The molecule has 3 amide bonds. The second kappa shape index (κ2) is 6.87. The number of rotatable bonds is 4. The highest BCUT2D eigenvalue weighted by Crippen LogP contribution is 2.36. The van der Waals surface area contributed by atoms with E-state index in [2.05, 4.69) is 15.5 Å². The summed E-state index contributed by atoms with van der Waals surface area (Å²) in [6, 6.07) is 6.96. The van der Waals surface area contributed by atoms with Gasteiger partial charge in [-0.25, -0.2) is 4.79 Å². The Labute approximate surface area is 153 Å². The molecule has 0 aliphatic carbocycles. The number of hydrogen-bond acceptors (Lipinski definition) is 8. The Kier molecular flexibility index (Phi) is 4.41. The fourth-order valence-electron chi connectivity index (χ4n) is 2.64. The molecule has 2 aliphatic heterocycles. The zero-order valence-corrected chi connectivity index (χ0v) is 14.7. The summed E-state index contributed by atoms with van der Waals surface area (Å²) in [4.78, 5) is 25.1. The molecule has 9 nitrogen and oxygen atoms in total. The second-order valence-corrected chi connectivity index (χ2v) is 7.04. The molecule has 4 rings (SSSR count). The van der Waals surface area contributed by atoms with Crippen molar-refractivity contribution in [3.63, 3.8) is 0 Å². The lowest BCUT2D eigenvalue weighted by Crippen LogP contribution is -2.38. The molecule has 136 valence electrons. The van der Waals surface area contributed by atoms with Gasteiger partial charge in [0.2, 0.25) is 12.0 Å². The molecule has 2 aromatic rings. The molecule has 1 aromatic heterocycles. The number of thioether (sulfide) groups is 1. The third kappa shape index (κ3) is 3.19. The summed E-state index contributed by atoms with van der Waals surface area (Å²) in [7, 11) is 0. The molecule has 0 saturated carbocycles. The Bertz CT molecular complexity index is 842. The summed E-state index contributed by atoms with van der Waals surface area (Å²) < 4.78 is 17.1. The highest BCUT2D eigenvalue weighted by molar-refractivity contribution is 8.00. The van der Waals surface area contributed by atoms with Gasteiger partial charge in [0.15, 0.2) is 11.5 Å². The number of nitrogens with one attached hydrogen (secondary N) is 1. The van der Waals surface area contributed by atoms with Gasteiger partial charge < -0.3 is 19.2 Å². The highest BCUT2D eigenvalue weighted by Gasteiger charge is 2.32. The second-order valence-electron chi connectivity index (χ2n) is 5.75. The average Bonchev–Trinajstić information content (AvgIpc) is 3.29. The Balaban J connectivity index is 1.40. The van der Waals surface area contributed by atoms with Gasteiger partial charge >= 0.3 is 6.03 Å². The SMILES string of the molecule is C[C@H](Sc1nnc([C@@H]2COc3ccccc3O2)o1)C(=O)N1CCNC1=O. The van der Waals surface area contributed by atoms with Crippen LogP contribution >= 0.6 is 11.8 Å². The predicted octanol–water partition coefficient (Wildman–Crippen LogP) is 1.61. The van der Waals surface area contributed by atoms with E-state index in [1.807, 2.05) is 18.2 Å². The van der Waals surface area contributed by atoms with Gasteiger partial charge in [-0.2, -0.15) is 0 Å². The number of hydrogen-bond donors (Lipinski definition) is 1. The standard InChI is InChI=1S/C16H16N4O5S/c1-9(14(21)20-7-6-17-15(20)22)26-16-19-18-13(25-16)12-8-23-10-4-2-3-5-11(10)24-12/h2-5,9,12H,6-8H2,1H3,(H,17,22)/t9-,12-/m0/s1. The van der Waals surface area contributed by atoms with Crippen molar-refractivity contribution in [1.29, 1.82) is 0 Å². The first-order valence-electron chi connectivity index (χ1n) is 8.09. The van der Waals surface area contributed by atoms with E-state index in [4.69, 9.17) is 13.9 Å². The molecular weight excluding hydrogens is 360 g/mol. The van der Waals surface area contributed by atoms with Crippen LogP contribution in [0.3, 0.4) is 0 Å². The summed E-state index contributed by atoms with van der Waals surface area (Å²) in [6.07, 6.45) is -0.512. The number of para-hydroxylation sites is 2. The van der Waals surface area contributed by atoms with E-state index in [0.29, 0.717) is 24.6 Å². The number of aromatic nitrogens is 2. The largest absolute Gasteiger partial charge is 0.485 e. The van der Waals surface area contributed by atoms with Gasteiger partial charge in [-0.3, -0.25) is 9.69 Å². The van der Waals surface area contributed by atoms with Crippen LogP contribution in [0.2, 0.25) is 0 Å². The fraction of sp³-hybridized carbons (Fsp3) is 0.375. The first-order chi connectivity index (χ1) is 12.6. The minimum atomic E-state index is -0.531. The summed E-state index contributed by atoms with van der Waals surface area (Å²) in [5.74, 6) is 1.26. The number of ether oxygens (including phenoxy) is 2. The van der Waals surface area contributed by atoms with Crippen LogP contribution in [0.15, 0.2) is 33.9 Å². The van der Waals surface area contributed by atoms with E-state index in [0.717, 1.165) is 11.8 Å². The van der Waals surface area contributed by atoms with Gasteiger partial charge in [0.1, 0.15) is 6.61 Å². The van der Waals surface area contributed by atoms with Gasteiger partial charge in [0, 0.05) is 13.1 Å². The quantitative estimate of drug-likeness (QED) is 0.802. The molecule has 3 heterocycles. The van der Waals surface area contributed by atoms with Gasteiger partial charge in [0.05, 0.1) is 5.25 Å². The van der Waals surface area contributed by atoms with Crippen molar-refractivity contribution in [1.82, 2.24) is 20.4 Å². The third-order valence-electron chi connectivity index (χ3n) is 3.95. The molecule has 2 aliphatic rings. The molecule has 0 unspecified atom stereocenters. The van der Waals surface area contributed by atoms with Crippen molar-refractivity contribution in [3.8, 4) is 11.5 Å². The zero-order chi connectivity index (χ0) is 18.1. The van der Waals surface area contributed by atoms with Crippen LogP contribution in [0, 0.1) is 0 Å². The summed E-state index contributed by atoms with van der Waals surface area (Å²) in [6.45, 7) is 2.78. The normalized spacial score (nSPS) is 20.0. The van der Waals surface area contributed by atoms with Crippen LogP contribution in [0.1, 0.15) is 18.9 Å². The first kappa shape index (κ1) is 16.7. The Morgan fingerprint density at radius 3 is 2.92 bits per heavy atom. The van der Waals surface area contributed by atoms with Crippen LogP contribution in [0.25, 0.3) is 0 Å². The number of amides is 3. The van der Waals surface area contributed by atoms with Gasteiger partial charge in [0.25, 0.3) is 11.1 Å². The predicted molar refractivity (Wildman–Crippen MR) is 90.0 cm³/mol. The van der Waals surface area contributed by atoms with E-state index in [1.54, 1.807) is 13.0 Å². The minimum absolute atomic E-state index is 0.239. The topological polar surface area (TPSA) is 107 Å². The lowest BCUT2D eigenvalue weighted by atomic mass is 10.2. The van der Waals surface area contributed by atoms with Crippen molar-refractivity contribution >= 4 is 23.7 Å². The number of carbonyl (C=O) groups excluding carboxylic acids is 2. The smallest absolute Gasteiger partial charge is 0.324 e. The van der Waals surface area contributed by atoms with Gasteiger partial charge in [-0.15, -0.1) is 10.2 Å².